The number of aryl methyl sites for hydroxylation is 1. The first kappa shape index (κ1) is 32.8. The summed E-state index contributed by atoms with van der Waals surface area (Å²) in [6.45, 7) is 11.5. The van der Waals surface area contributed by atoms with E-state index in [1.807, 2.05) is 13.8 Å². The number of halogens is 3. The van der Waals surface area contributed by atoms with Gasteiger partial charge in [-0.2, -0.15) is 23.5 Å². The molecular weight excluding hydrogens is 591 g/mol. The van der Waals surface area contributed by atoms with Crippen LogP contribution in [0, 0.1) is 17.2 Å². The van der Waals surface area contributed by atoms with E-state index in [4.69, 9.17) is 4.74 Å². The number of carbonyl (C=O) groups excluding carboxylic acids is 2. The Labute approximate surface area is 259 Å². The van der Waals surface area contributed by atoms with Crippen LogP contribution in [0.25, 0.3) is 11.1 Å². The number of nitrogens with zero attached hydrogens (tertiary/aromatic N) is 4. The van der Waals surface area contributed by atoms with Crippen molar-refractivity contribution in [2.45, 2.75) is 78.4 Å². The van der Waals surface area contributed by atoms with Crippen molar-refractivity contribution in [3.63, 3.8) is 0 Å². The lowest BCUT2D eigenvalue weighted by Gasteiger charge is -2.33. The van der Waals surface area contributed by atoms with Crippen LogP contribution in [0.1, 0.15) is 74.0 Å². The van der Waals surface area contributed by atoms with E-state index in [1.165, 1.54) is 28.3 Å². The highest BCUT2D eigenvalue weighted by molar-refractivity contribution is 7.12. The molecule has 2 atom stereocenters. The molecule has 0 bridgehead atoms. The number of amides is 2. The highest BCUT2D eigenvalue weighted by Crippen LogP contribution is 2.44. The van der Waals surface area contributed by atoms with Crippen LogP contribution >= 0.6 is 11.3 Å². The minimum Gasteiger partial charge on any atom is -0.444 e. The lowest BCUT2D eigenvalue weighted by Crippen LogP contribution is -2.41. The molecule has 0 spiro atoms. The number of nitriles is 1. The molecule has 8 nitrogen and oxygen atoms in total. The first-order valence-electron chi connectivity index (χ1n) is 14.3. The Morgan fingerprint density at radius 1 is 1.20 bits per heavy atom. The Balaban J connectivity index is 1.70. The molecule has 0 fully saturated rings. The molecule has 1 unspecified atom stereocenters. The molecule has 0 saturated heterocycles. The van der Waals surface area contributed by atoms with Gasteiger partial charge in [-0.15, -0.1) is 11.3 Å². The number of thiophene rings is 1. The molecule has 2 amide bonds. The van der Waals surface area contributed by atoms with E-state index in [1.54, 1.807) is 69.0 Å². The molecule has 1 aromatic carbocycles. The Bertz CT molecular complexity index is 1590. The number of benzene rings is 1. The summed E-state index contributed by atoms with van der Waals surface area (Å²) < 4.78 is 48.8. The van der Waals surface area contributed by atoms with Crippen molar-refractivity contribution in [3.05, 3.63) is 75.3 Å². The summed E-state index contributed by atoms with van der Waals surface area (Å²) in [7, 11) is 0. The fourth-order valence-electron chi connectivity index (χ4n) is 5.11. The third kappa shape index (κ3) is 7.50. The van der Waals surface area contributed by atoms with Crippen molar-refractivity contribution in [2.24, 2.45) is 5.92 Å². The standard InChI is InChI=1S/C32H36F3N5O3S/c1-7-40-17-25(29(38-40)32(33,34)35)22-11-9-8-10-21(22)24-16-39(18-27-23(24)14-20(15-36)44-27)28(41)13-12-26(19(2)3)37-30(42)43-31(4,5)6/h8-14,17,19,24,26H,7,16,18H2,1-6H3,(H,37,42)/b13-12+/t24-,26?/m0/s1. The quantitative estimate of drug-likeness (QED) is 0.282. The summed E-state index contributed by atoms with van der Waals surface area (Å²) in [5.74, 6) is -0.851. The van der Waals surface area contributed by atoms with E-state index in [-0.39, 0.29) is 37.0 Å². The zero-order valence-corrected chi connectivity index (χ0v) is 26.3. The van der Waals surface area contributed by atoms with Gasteiger partial charge in [-0.25, -0.2) is 4.79 Å². The summed E-state index contributed by atoms with van der Waals surface area (Å²) in [4.78, 5) is 28.8. The molecule has 1 aliphatic rings. The molecule has 1 aliphatic heterocycles. The number of alkyl halides is 3. The van der Waals surface area contributed by atoms with E-state index in [0.29, 0.717) is 16.0 Å². The Kier molecular flexibility index (Phi) is 9.59. The maximum atomic E-state index is 14.1. The molecular formula is C32H36F3N5O3S. The van der Waals surface area contributed by atoms with Gasteiger partial charge in [0.1, 0.15) is 16.5 Å². The lowest BCUT2D eigenvalue weighted by atomic mass is 9.83. The fraction of sp³-hybridized carbons (Fsp3) is 0.438. The van der Waals surface area contributed by atoms with Crippen molar-refractivity contribution in [1.29, 1.82) is 5.26 Å². The number of carbonyl (C=O) groups is 2. The number of hydrogen-bond acceptors (Lipinski definition) is 6. The zero-order valence-electron chi connectivity index (χ0n) is 25.5. The lowest BCUT2D eigenvalue weighted by molar-refractivity contribution is -0.141. The Hall–Kier alpha value is -4.11. The van der Waals surface area contributed by atoms with Gasteiger partial charge in [0.2, 0.25) is 5.91 Å². The number of ether oxygens (including phenoxy) is 1. The fourth-order valence-corrected chi connectivity index (χ4v) is 6.15. The van der Waals surface area contributed by atoms with Gasteiger partial charge in [0.15, 0.2) is 5.69 Å². The van der Waals surface area contributed by atoms with Gasteiger partial charge < -0.3 is 15.0 Å². The van der Waals surface area contributed by atoms with Crippen LogP contribution < -0.4 is 5.32 Å². The molecule has 2 aromatic heterocycles. The third-order valence-electron chi connectivity index (χ3n) is 7.20. The smallest absolute Gasteiger partial charge is 0.435 e. The number of fused-ring (bicyclic) bond motifs is 1. The summed E-state index contributed by atoms with van der Waals surface area (Å²) in [5.41, 5.74) is 0.0931. The number of alkyl carbamates (subject to hydrolysis) is 1. The van der Waals surface area contributed by atoms with Crippen LogP contribution in [0.5, 0.6) is 0 Å². The molecule has 12 heteroatoms. The van der Waals surface area contributed by atoms with Crippen LogP contribution in [0.15, 0.2) is 48.7 Å². The minimum atomic E-state index is -4.66. The average molecular weight is 628 g/mol. The monoisotopic (exact) mass is 627 g/mol. The number of rotatable bonds is 7. The topological polar surface area (TPSA) is 100 Å². The number of nitrogens with one attached hydrogen (secondary N) is 1. The van der Waals surface area contributed by atoms with Gasteiger partial charge in [0.25, 0.3) is 0 Å². The average Bonchev–Trinajstić information content (AvgIpc) is 3.58. The zero-order chi connectivity index (χ0) is 32.4. The summed E-state index contributed by atoms with van der Waals surface area (Å²) >= 11 is 1.27. The first-order chi connectivity index (χ1) is 20.6. The molecule has 3 aromatic rings. The second-order valence-corrected chi connectivity index (χ2v) is 13.1. The van der Waals surface area contributed by atoms with Crippen molar-refractivity contribution in [3.8, 4) is 17.2 Å². The Morgan fingerprint density at radius 2 is 1.91 bits per heavy atom. The van der Waals surface area contributed by atoms with Crippen molar-refractivity contribution in [1.82, 2.24) is 20.0 Å². The predicted octanol–water partition coefficient (Wildman–Crippen LogP) is 7.10. The Morgan fingerprint density at radius 3 is 2.52 bits per heavy atom. The van der Waals surface area contributed by atoms with Gasteiger partial charge in [-0.05, 0) is 56.4 Å². The van der Waals surface area contributed by atoms with E-state index in [0.717, 1.165) is 10.4 Å². The third-order valence-corrected chi connectivity index (χ3v) is 8.25. The molecule has 0 aliphatic carbocycles. The van der Waals surface area contributed by atoms with E-state index < -0.39 is 35.5 Å². The first-order valence-corrected chi connectivity index (χ1v) is 15.2. The maximum Gasteiger partial charge on any atom is 0.435 e. The largest absolute Gasteiger partial charge is 0.444 e. The molecule has 1 N–H and O–H groups in total. The molecule has 0 radical (unpaired) electrons. The van der Waals surface area contributed by atoms with Crippen LogP contribution in [-0.2, 0) is 28.8 Å². The number of aromatic nitrogens is 2. The van der Waals surface area contributed by atoms with E-state index >= 15 is 0 Å². The second-order valence-electron chi connectivity index (χ2n) is 12.0. The van der Waals surface area contributed by atoms with Gasteiger partial charge >= 0.3 is 12.3 Å². The van der Waals surface area contributed by atoms with E-state index in [9.17, 15) is 28.0 Å². The van der Waals surface area contributed by atoms with Gasteiger partial charge in [-0.3, -0.25) is 9.48 Å². The van der Waals surface area contributed by atoms with Crippen molar-refractivity contribution in [2.75, 3.05) is 6.54 Å². The molecule has 234 valence electrons. The summed E-state index contributed by atoms with van der Waals surface area (Å²) in [5, 5.41) is 16.2. The van der Waals surface area contributed by atoms with Crippen molar-refractivity contribution < 1.29 is 27.5 Å². The van der Waals surface area contributed by atoms with Gasteiger partial charge in [-0.1, -0.05) is 44.2 Å². The van der Waals surface area contributed by atoms with Crippen LogP contribution in [0.4, 0.5) is 18.0 Å². The minimum absolute atomic E-state index is 0.0384. The highest BCUT2D eigenvalue weighted by Gasteiger charge is 2.39. The maximum absolute atomic E-state index is 14.1. The molecule has 4 rings (SSSR count). The molecule has 0 saturated carbocycles. The summed E-state index contributed by atoms with van der Waals surface area (Å²) in [6.07, 6.45) is -0.833. The molecule has 3 heterocycles. The van der Waals surface area contributed by atoms with E-state index in [2.05, 4.69) is 16.5 Å². The van der Waals surface area contributed by atoms with Crippen molar-refractivity contribution >= 4 is 23.3 Å². The predicted molar refractivity (Wildman–Crippen MR) is 162 cm³/mol. The number of hydrogen-bond donors (Lipinski definition) is 1. The normalized spacial score (nSPS) is 16.1. The van der Waals surface area contributed by atoms with Crippen LogP contribution in [-0.4, -0.2) is 44.9 Å². The second kappa shape index (κ2) is 12.9. The highest BCUT2D eigenvalue weighted by atomic mass is 32.1. The van der Waals surface area contributed by atoms with Crippen LogP contribution in [0.3, 0.4) is 0 Å². The molecule has 44 heavy (non-hydrogen) atoms. The SMILES string of the molecule is CCn1cc(-c2ccccc2[C@@H]2CN(C(=O)/C=C/C(NC(=O)OC(C)(C)C)C(C)C)Cc3sc(C#N)cc32)c(C(F)(F)F)n1. The van der Waals surface area contributed by atoms with Gasteiger partial charge in [0.05, 0.1) is 12.6 Å². The summed E-state index contributed by atoms with van der Waals surface area (Å²) in [6, 6.07) is 10.3. The van der Waals surface area contributed by atoms with Crippen LogP contribution in [0.2, 0.25) is 0 Å². The van der Waals surface area contributed by atoms with Gasteiger partial charge in [0, 0.05) is 41.7 Å².